The topological polar surface area (TPSA) is 83.7 Å². The van der Waals surface area contributed by atoms with E-state index in [-0.39, 0.29) is 19.3 Å². The van der Waals surface area contributed by atoms with Gasteiger partial charge in [0.05, 0.1) is 0 Å². The lowest BCUT2D eigenvalue weighted by atomic mass is 10.2. The van der Waals surface area contributed by atoms with Crippen LogP contribution >= 0.6 is 11.6 Å². The zero-order valence-electron chi connectivity index (χ0n) is 13.9. The Bertz CT molecular complexity index is 998. The summed E-state index contributed by atoms with van der Waals surface area (Å²) in [5.41, 5.74) is 1.54. The molecule has 136 valence electrons. The first-order valence-corrected chi connectivity index (χ1v) is 8.38. The van der Waals surface area contributed by atoms with Crippen molar-refractivity contribution in [3.63, 3.8) is 0 Å². The van der Waals surface area contributed by atoms with Crippen molar-refractivity contribution in [3.8, 4) is 22.9 Å². The van der Waals surface area contributed by atoms with Crippen molar-refractivity contribution in [2.75, 3.05) is 6.79 Å². The number of carbonyl (C=O) groups excluding carboxylic acids is 1. The summed E-state index contributed by atoms with van der Waals surface area (Å²) in [4.78, 5) is 16.1. The molecule has 0 amide bonds. The molecular formula is C19H13ClN2O5. The van der Waals surface area contributed by atoms with Gasteiger partial charge in [-0.15, -0.1) is 0 Å². The third-order valence-electron chi connectivity index (χ3n) is 3.72. The molecule has 0 radical (unpaired) electrons. The van der Waals surface area contributed by atoms with Gasteiger partial charge in [0.15, 0.2) is 18.1 Å². The minimum Gasteiger partial charge on any atom is -0.454 e. The van der Waals surface area contributed by atoms with Crippen LogP contribution in [0.15, 0.2) is 53.1 Å². The van der Waals surface area contributed by atoms with Crippen molar-refractivity contribution < 1.29 is 23.5 Å². The first-order valence-electron chi connectivity index (χ1n) is 8.00. The van der Waals surface area contributed by atoms with Crippen molar-refractivity contribution in [2.45, 2.75) is 6.61 Å². The normalized spacial score (nSPS) is 12.5. The Kier molecular flexibility index (Phi) is 4.76. The number of benzene rings is 2. The average molecular weight is 385 g/mol. The lowest BCUT2D eigenvalue weighted by Crippen LogP contribution is -2.00. The van der Waals surface area contributed by atoms with Gasteiger partial charge in [-0.1, -0.05) is 22.8 Å². The molecule has 2 heterocycles. The molecule has 3 aromatic rings. The van der Waals surface area contributed by atoms with Crippen LogP contribution in [0.4, 0.5) is 0 Å². The molecule has 27 heavy (non-hydrogen) atoms. The smallest absolute Gasteiger partial charge is 0.331 e. The zero-order chi connectivity index (χ0) is 18.6. The predicted molar refractivity (Wildman–Crippen MR) is 96.1 cm³/mol. The molecule has 0 saturated heterocycles. The molecule has 0 unspecified atom stereocenters. The molecule has 0 N–H and O–H groups in total. The van der Waals surface area contributed by atoms with Crippen LogP contribution in [0.1, 0.15) is 11.5 Å². The van der Waals surface area contributed by atoms with E-state index in [0.29, 0.717) is 22.3 Å². The van der Waals surface area contributed by atoms with E-state index in [4.69, 9.17) is 30.3 Å². The number of aromatic nitrogens is 2. The third kappa shape index (κ3) is 4.09. The second kappa shape index (κ2) is 7.51. The molecule has 1 aromatic heterocycles. The second-order valence-electron chi connectivity index (χ2n) is 5.57. The molecule has 0 aliphatic carbocycles. The molecule has 8 heteroatoms. The fourth-order valence-electron chi connectivity index (χ4n) is 2.39. The minimum absolute atomic E-state index is 0.120. The number of fused-ring (bicyclic) bond motifs is 1. The van der Waals surface area contributed by atoms with E-state index in [2.05, 4.69) is 10.1 Å². The summed E-state index contributed by atoms with van der Waals surface area (Å²) in [7, 11) is 0. The number of halogens is 1. The van der Waals surface area contributed by atoms with Crippen LogP contribution in [0.25, 0.3) is 17.5 Å². The van der Waals surface area contributed by atoms with Crippen LogP contribution in [-0.4, -0.2) is 22.9 Å². The summed E-state index contributed by atoms with van der Waals surface area (Å²) in [6, 6.07) is 12.4. The number of hydrogen-bond acceptors (Lipinski definition) is 7. The van der Waals surface area contributed by atoms with Crippen LogP contribution < -0.4 is 9.47 Å². The Balaban J connectivity index is 1.33. The van der Waals surface area contributed by atoms with Gasteiger partial charge < -0.3 is 18.7 Å². The summed E-state index contributed by atoms with van der Waals surface area (Å²) >= 11 is 5.85. The van der Waals surface area contributed by atoms with Gasteiger partial charge in [0.25, 0.3) is 5.89 Å². The molecule has 2 aromatic carbocycles. The van der Waals surface area contributed by atoms with Gasteiger partial charge in [0.1, 0.15) is 0 Å². The minimum atomic E-state index is -0.529. The fourth-order valence-corrected chi connectivity index (χ4v) is 2.52. The highest BCUT2D eigenvalue weighted by Crippen LogP contribution is 2.32. The lowest BCUT2D eigenvalue weighted by Gasteiger charge is -1.98. The molecule has 0 fully saturated rings. The Morgan fingerprint density at radius 1 is 1.15 bits per heavy atom. The molecule has 1 aliphatic rings. The maximum atomic E-state index is 11.9. The van der Waals surface area contributed by atoms with E-state index >= 15 is 0 Å². The standard InChI is InChI=1S/C19H13ClN2O5/c20-14-5-3-13(4-6-14)19-21-17(27-22-19)10-24-18(23)8-2-12-1-7-15-16(9-12)26-11-25-15/h1-9H,10-11H2/b8-2+. The zero-order valence-corrected chi connectivity index (χ0v) is 14.7. The first-order chi connectivity index (χ1) is 13.2. The summed E-state index contributed by atoms with van der Waals surface area (Å²) in [5.74, 6) is 1.39. The molecule has 0 spiro atoms. The van der Waals surface area contributed by atoms with Gasteiger partial charge in [0.2, 0.25) is 12.6 Å². The Morgan fingerprint density at radius 3 is 2.81 bits per heavy atom. The van der Waals surface area contributed by atoms with Crippen molar-refractivity contribution in [1.82, 2.24) is 10.1 Å². The van der Waals surface area contributed by atoms with Crippen LogP contribution in [0.2, 0.25) is 5.02 Å². The SMILES string of the molecule is O=C(/C=C/c1ccc2c(c1)OCO2)OCc1nc(-c2ccc(Cl)cc2)no1. The number of esters is 1. The van der Waals surface area contributed by atoms with E-state index in [0.717, 1.165) is 11.1 Å². The van der Waals surface area contributed by atoms with Gasteiger partial charge in [-0.3, -0.25) is 0 Å². The van der Waals surface area contributed by atoms with Gasteiger partial charge in [-0.05, 0) is 48.0 Å². The monoisotopic (exact) mass is 384 g/mol. The Labute approximate surface area is 159 Å². The lowest BCUT2D eigenvalue weighted by molar-refractivity contribution is -0.139. The van der Waals surface area contributed by atoms with E-state index in [1.165, 1.54) is 6.08 Å². The molecule has 0 saturated carbocycles. The van der Waals surface area contributed by atoms with Crippen LogP contribution in [0.5, 0.6) is 11.5 Å². The van der Waals surface area contributed by atoms with E-state index < -0.39 is 5.97 Å². The average Bonchev–Trinajstić information content (AvgIpc) is 3.34. The number of hydrogen-bond donors (Lipinski definition) is 0. The molecular weight excluding hydrogens is 372 g/mol. The number of rotatable bonds is 5. The molecule has 7 nitrogen and oxygen atoms in total. The number of nitrogens with zero attached hydrogens (tertiary/aromatic N) is 2. The van der Waals surface area contributed by atoms with Crippen molar-refractivity contribution in [3.05, 3.63) is 65.0 Å². The largest absolute Gasteiger partial charge is 0.454 e. The van der Waals surface area contributed by atoms with Gasteiger partial charge >= 0.3 is 5.97 Å². The molecule has 0 bridgehead atoms. The highest BCUT2D eigenvalue weighted by molar-refractivity contribution is 6.30. The Morgan fingerprint density at radius 2 is 1.96 bits per heavy atom. The molecule has 4 rings (SSSR count). The van der Waals surface area contributed by atoms with Crippen molar-refractivity contribution >= 4 is 23.6 Å². The van der Waals surface area contributed by atoms with Gasteiger partial charge in [0, 0.05) is 16.7 Å². The maximum absolute atomic E-state index is 11.9. The highest BCUT2D eigenvalue weighted by atomic mass is 35.5. The van der Waals surface area contributed by atoms with Crippen LogP contribution in [0, 0.1) is 0 Å². The summed E-state index contributed by atoms with van der Waals surface area (Å²) in [5, 5.41) is 4.47. The fraction of sp³-hybridized carbons (Fsp3) is 0.105. The highest BCUT2D eigenvalue weighted by Gasteiger charge is 2.13. The predicted octanol–water partition coefficient (Wildman–Crippen LogP) is 3.88. The number of ether oxygens (including phenoxy) is 3. The van der Waals surface area contributed by atoms with Crippen molar-refractivity contribution in [1.29, 1.82) is 0 Å². The van der Waals surface area contributed by atoms with E-state index in [1.54, 1.807) is 42.5 Å². The summed E-state index contributed by atoms with van der Waals surface area (Å²) < 4.78 is 20.7. The number of carbonyl (C=O) groups is 1. The van der Waals surface area contributed by atoms with E-state index in [1.807, 2.05) is 6.07 Å². The molecule has 1 aliphatic heterocycles. The van der Waals surface area contributed by atoms with Crippen molar-refractivity contribution in [2.24, 2.45) is 0 Å². The Hall–Kier alpha value is -3.32. The maximum Gasteiger partial charge on any atom is 0.331 e. The van der Waals surface area contributed by atoms with Gasteiger partial charge in [-0.25, -0.2) is 4.79 Å². The van der Waals surface area contributed by atoms with Crippen LogP contribution in [0.3, 0.4) is 0 Å². The molecule has 0 atom stereocenters. The van der Waals surface area contributed by atoms with Crippen LogP contribution in [-0.2, 0) is 16.1 Å². The summed E-state index contributed by atoms with van der Waals surface area (Å²) in [6.45, 7) is 0.0810. The van der Waals surface area contributed by atoms with Gasteiger partial charge in [-0.2, -0.15) is 4.98 Å². The second-order valence-corrected chi connectivity index (χ2v) is 6.01. The quantitative estimate of drug-likeness (QED) is 0.487. The van der Waals surface area contributed by atoms with E-state index in [9.17, 15) is 4.79 Å². The third-order valence-corrected chi connectivity index (χ3v) is 3.97. The first kappa shape index (κ1) is 17.1. The summed E-state index contributed by atoms with van der Waals surface area (Å²) in [6.07, 6.45) is 2.94.